The van der Waals surface area contributed by atoms with Gasteiger partial charge in [0.05, 0.1) is 5.69 Å². The summed E-state index contributed by atoms with van der Waals surface area (Å²) in [5.41, 5.74) is 1.39. The van der Waals surface area contributed by atoms with Crippen molar-refractivity contribution in [3.05, 3.63) is 47.2 Å². The number of hydrogen-bond acceptors (Lipinski definition) is 4. The van der Waals surface area contributed by atoms with Gasteiger partial charge >= 0.3 is 0 Å². The van der Waals surface area contributed by atoms with Gasteiger partial charge in [0, 0.05) is 56.5 Å². The zero-order valence-corrected chi connectivity index (χ0v) is 16.0. The van der Waals surface area contributed by atoms with Gasteiger partial charge in [0.2, 0.25) is 0 Å². The van der Waals surface area contributed by atoms with Gasteiger partial charge in [-0.25, -0.2) is 4.68 Å². The summed E-state index contributed by atoms with van der Waals surface area (Å²) >= 11 is 5.92. The van der Waals surface area contributed by atoms with Gasteiger partial charge in [-0.3, -0.25) is 9.69 Å². The Morgan fingerprint density at radius 2 is 1.85 bits per heavy atom. The SMILES string of the molecule is Cl.O=C(c1ccn(-c2ccc(Cl)cc2)n1)N1CCC(N2CCNCC2)C1. The standard InChI is InChI=1S/C18H22ClN5O.ClH/c19-14-1-3-15(4-2-14)24-10-6-17(21-24)18(25)23-9-5-16(13-23)22-11-7-20-8-12-22;/h1-4,6,10,16,20H,5,7-9,11-13H2;1H. The van der Waals surface area contributed by atoms with Crippen LogP contribution in [0.4, 0.5) is 0 Å². The van der Waals surface area contributed by atoms with E-state index in [0.717, 1.165) is 51.4 Å². The molecule has 4 rings (SSSR count). The first-order valence-corrected chi connectivity index (χ1v) is 9.14. The second-order valence-electron chi connectivity index (χ2n) is 6.60. The van der Waals surface area contributed by atoms with E-state index in [1.54, 1.807) is 10.7 Å². The number of hydrogen-bond donors (Lipinski definition) is 1. The van der Waals surface area contributed by atoms with Crippen molar-refractivity contribution in [1.82, 2.24) is 24.9 Å². The van der Waals surface area contributed by atoms with Gasteiger partial charge in [0.25, 0.3) is 5.91 Å². The highest BCUT2D eigenvalue weighted by atomic mass is 35.5. The average Bonchev–Trinajstić information content (AvgIpc) is 3.33. The van der Waals surface area contributed by atoms with Crippen molar-refractivity contribution in [2.75, 3.05) is 39.3 Å². The fraction of sp³-hybridized carbons (Fsp3) is 0.444. The Morgan fingerprint density at radius 3 is 2.58 bits per heavy atom. The number of aromatic nitrogens is 2. The fourth-order valence-corrected chi connectivity index (χ4v) is 3.74. The smallest absolute Gasteiger partial charge is 0.274 e. The molecule has 8 heteroatoms. The van der Waals surface area contributed by atoms with Crippen LogP contribution in [0.25, 0.3) is 5.69 Å². The van der Waals surface area contributed by atoms with E-state index in [2.05, 4.69) is 15.3 Å². The van der Waals surface area contributed by atoms with Crippen molar-refractivity contribution in [2.45, 2.75) is 12.5 Å². The van der Waals surface area contributed by atoms with Crippen LogP contribution in [0.2, 0.25) is 5.02 Å². The van der Waals surface area contributed by atoms with Crippen molar-refractivity contribution < 1.29 is 4.79 Å². The number of rotatable bonds is 3. The number of halogens is 2. The molecule has 0 radical (unpaired) electrons. The average molecular weight is 396 g/mol. The molecule has 3 heterocycles. The summed E-state index contributed by atoms with van der Waals surface area (Å²) in [6.45, 7) is 5.82. The highest BCUT2D eigenvalue weighted by molar-refractivity contribution is 6.30. The predicted molar refractivity (Wildman–Crippen MR) is 105 cm³/mol. The number of nitrogens with one attached hydrogen (secondary N) is 1. The Morgan fingerprint density at radius 1 is 1.12 bits per heavy atom. The molecule has 2 fully saturated rings. The third-order valence-electron chi connectivity index (χ3n) is 5.02. The molecule has 6 nitrogen and oxygen atoms in total. The second kappa shape index (κ2) is 8.39. The van der Waals surface area contributed by atoms with Crippen LogP contribution >= 0.6 is 24.0 Å². The van der Waals surface area contributed by atoms with E-state index in [9.17, 15) is 4.79 Å². The molecular weight excluding hydrogens is 373 g/mol. The topological polar surface area (TPSA) is 53.4 Å². The van der Waals surface area contributed by atoms with Crippen LogP contribution < -0.4 is 5.32 Å². The van der Waals surface area contributed by atoms with Crippen LogP contribution in [0.3, 0.4) is 0 Å². The summed E-state index contributed by atoms with van der Waals surface area (Å²) < 4.78 is 1.72. The van der Waals surface area contributed by atoms with E-state index in [4.69, 9.17) is 11.6 Å². The number of likely N-dealkylation sites (tertiary alicyclic amines) is 1. The molecule has 26 heavy (non-hydrogen) atoms. The molecule has 140 valence electrons. The molecule has 0 aliphatic carbocycles. The molecule has 1 N–H and O–H groups in total. The minimum absolute atomic E-state index is 0. The number of nitrogens with zero attached hydrogens (tertiary/aromatic N) is 4. The maximum Gasteiger partial charge on any atom is 0.274 e. The molecule has 0 bridgehead atoms. The molecule has 0 saturated carbocycles. The van der Waals surface area contributed by atoms with Crippen LogP contribution in [-0.4, -0.2) is 70.8 Å². The first kappa shape index (κ1) is 19.2. The molecule has 2 saturated heterocycles. The minimum Gasteiger partial charge on any atom is -0.336 e. The lowest BCUT2D eigenvalue weighted by atomic mass is 10.2. The molecule has 2 aromatic rings. The summed E-state index contributed by atoms with van der Waals surface area (Å²) in [5.74, 6) is 0.0188. The Kier molecular flexibility index (Phi) is 6.19. The van der Waals surface area contributed by atoms with Gasteiger partial charge < -0.3 is 10.2 Å². The van der Waals surface area contributed by atoms with Crippen LogP contribution in [0.5, 0.6) is 0 Å². The Bertz CT molecular complexity index is 742. The number of piperazine rings is 1. The lowest BCUT2D eigenvalue weighted by Crippen LogP contribution is -2.49. The van der Waals surface area contributed by atoms with Crippen molar-refractivity contribution in [3.8, 4) is 5.69 Å². The number of carbonyl (C=O) groups excluding carboxylic acids is 1. The number of amides is 1. The molecule has 1 aromatic carbocycles. The van der Waals surface area contributed by atoms with Crippen LogP contribution in [0.1, 0.15) is 16.9 Å². The van der Waals surface area contributed by atoms with Gasteiger partial charge in [-0.2, -0.15) is 5.10 Å². The highest BCUT2D eigenvalue weighted by Crippen LogP contribution is 2.19. The summed E-state index contributed by atoms with van der Waals surface area (Å²) in [6.07, 6.45) is 2.87. The zero-order chi connectivity index (χ0) is 17.2. The summed E-state index contributed by atoms with van der Waals surface area (Å²) in [6, 6.07) is 9.68. The van der Waals surface area contributed by atoms with Gasteiger partial charge in [-0.1, -0.05) is 11.6 Å². The van der Waals surface area contributed by atoms with E-state index in [1.165, 1.54) is 0 Å². The second-order valence-corrected chi connectivity index (χ2v) is 7.04. The van der Waals surface area contributed by atoms with Crippen molar-refractivity contribution >= 4 is 29.9 Å². The van der Waals surface area contributed by atoms with E-state index in [-0.39, 0.29) is 18.3 Å². The van der Waals surface area contributed by atoms with Crippen molar-refractivity contribution in [3.63, 3.8) is 0 Å². The molecule has 1 amide bonds. The Balaban J connectivity index is 0.00000196. The zero-order valence-electron chi connectivity index (χ0n) is 14.5. The first-order valence-electron chi connectivity index (χ1n) is 8.76. The monoisotopic (exact) mass is 395 g/mol. The van der Waals surface area contributed by atoms with E-state index in [0.29, 0.717) is 16.8 Å². The molecule has 0 spiro atoms. The summed E-state index contributed by atoms with van der Waals surface area (Å²) in [7, 11) is 0. The van der Waals surface area contributed by atoms with Crippen LogP contribution in [-0.2, 0) is 0 Å². The molecule has 1 unspecified atom stereocenters. The maximum atomic E-state index is 12.8. The predicted octanol–water partition coefficient (Wildman–Crippen LogP) is 2.07. The lowest BCUT2D eigenvalue weighted by Gasteiger charge is -2.32. The quantitative estimate of drug-likeness (QED) is 0.863. The van der Waals surface area contributed by atoms with Gasteiger partial charge in [-0.05, 0) is 36.8 Å². The minimum atomic E-state index is 0. The number of carbonyl (C=O) groups is 1. The van der Waals surface area contributed by atoms with Crippen LogP contribution in [0, 0.1) is 0 Å². The normalized spacial score (nSPS) is 20.8. The highest BCUT2D eigenvalue weighted by Gasteiger charge is 2.32. The maximum absolute atomic E-state index is 12.8. The van der Waals surface area contributed by atoms with Gasteiger partial charge in [-0.15, -0.1) is 12.4 Å². The van der Waals surface area contributed by atoms with Gasteiger partial charge in [0.1, 0.15) is 0 Å². The van der Waals surface area contributed by atoms with E-state index >= 15 is 0 Å². The number of benzene rings is 1. The third kappa shape index (κ3) is 4.04. The lowest BCUT2D eigenvalue weighted by molar-refractivity contribution is 0.0767. The van der Waals surface area contributed by atoms with E-state index < -0.39 is 0 Å². The molecular formula is C18H23Cl2N5O. The Hall–Kier alpha value is -1.60. The molecule has 2 aliphatic heterocycles. The van der Waals surface area contributed by atoms with Crippen LogP contribution in [0.15, 0.2) is 36.5 Å². The van der Waals surface area contributed by atoms with Crippen molar-refractivity contribution in [1.29, 1.82) is 0 Å². The van der Waals surface area contributed by atoms with Crippen molar-refractivity contribution in [2.24, 2.45) is 0 Å². The largest absolute Gasteiger partial charge is 0.336 e. The first-order chi connectivity index (χ1) is 12.2. The summed E-state index contributed by atoms with van der Waals surface area (Å²) in [4.78, 5) is 17.2. The van der Waals surface area contributed by atoms with Gasteiger partial charge in [0.15, 0.2) is 5.69 Å². The fourth-order valence-electron chi connectivity index (χ4n) is 3.61. The molecule has 1 atom stereocenters. The third-order valence-corrected chi connectivity index (χ3v) is 5.27. The summed E-state index contributed by atoms with van der Waals surface area (Å²) in [5, 5.41) is 8.51. The Labute approximate surface area is 164 Å². The molecule has 1 aromatic heterocycles. The molecule has 2 aliphatic rings. The van der Waals surface area contributed by atoms with E-state index in [1.807, 2.05) is 35.4 Å².